The molecule has 46 heavy (non-hydrogen) atoms. The smallest absolute Gasteiger partial charge is 0.0540 e. The van der Waals surface area contributed by atoms with Crippen LogP contribution in [-0.4, -0.2) is 4.57 Å². The third-order valence-electron chi connectivity index (χ3n) is 9.60. The topological polar surface area (TPSA) is 8.17 Å². The van der Waals surface area contributed by atoms with Gasteiger partial charge in [-0.05, 0) is 95.8 Å². The van der Waals surface area contributed by atoms with Gasteiger partial charge >= 0.3 is 0 Å². The molecule has 0 bridgehead atoms. The van der Waals surface area contributed by atoms with Crippen molar-refractivity contribution in [3.63, 3.8) is 0 Å². The number of anilines is 3. The van der Waals surface area contributed by atoms with Gasteiger partial charge in [-0.2, -0.15) is 0 Å². The molecule has 1 aliphatic rings. The van der Waals surface area contributed by atoms with Crippen LogP contribution >= 0.6 is 0 Å². The van der Waals surface area contributed by atoms with E-state index in [2.05, 4.69) is 178 Å². The Morgan fingerprint density at radius 3 is 2.24 bits per heavy atom. The maximum Gasteiger partial charge on any atom is 0.0540 e. The molecule has 0 amide bonds. The molecule has 5 aromatic carbocycles. The minimum absolute atomic E-state index is 0.199. The first-order valence-electron chi connectivity index (χ1n) is 16.2. The van der Waals surface area contributed by atoms with Crippen LogP contribution in [0.3, 0.4) is 0 Å². The van der Waals surface area contributed by atoms with E-state index in [0.717, 1.165) is 45.0 Å². The highest BCUT2D eigenvalue weighted by Gasteiger charge is 2.36. The number of aryl methyl sites for hydroxylation is 1. The van der Waals surface area contributed by atoms with Crippen molar-refractivity contribution in [3.05, 3.63) is 161 Å². The van der Waals surface area contributed by atoms with Crippen LogP contribution in [0.4, 0.5) is 17.1 Å². The second kappa shape index (κ2) is 11.5. The van der Waals surface area contributed by atoms with Gasteiger partial charge in [-0.15, -0.1) is 0 Å². The molecule has 0 radical (unpaired) electrons. The van der Waals surface area contributed by atoms with Crippen LogP contribution in [0.15, 0.2) is 128 Å². The van der Waals surface area contributed by atoms with Crippen molar-refractivity contribution in [1.82, 2.24) is 4.57 Å². The first kappa shape index (κ1) is 29.4. The summed E-state index contributed by atoms with van der Waals surface area (Å²) in [5, 5.41) is 3.25. The lowest BCUT2D eigenvalue weighted by molar-refractivity contribution is 0.660. The summed E-state index contributed by atoms with van der Waals surface area (Å²) in [5.41, 5.74) is 13.5. The molecular weight excluding hydrogens is 556 g/mol. The molecule has 1 heterocycles. The van der Waals surface area contributed by atoms with Crippen LogP contribution in [0.1, 0.15) is 49.9 Å². The van der Waals surface area contributed by atoms with Crippen molar-refractivity contribution in [2.45, 2.75) is 39.5 Å². The highest BCUT2D eigenvalue weighted by molar-refractivity contribution is 5.89. The average Bonchev–Trinajstić information content (AvgIpc) is 3.48. The molecule has 0 atom stereocenters. The minimum Gasteiger partial charge on any atom is -0.310 e. The molecule has 1 aliphatic carbocycles. The standard InChI is InChI=1S/C44H40N2/c1-7-16-36-31(9-3)18-15-23-43(36)45(32-19-11-10-12-20-32)33-24-26-37-38-27-25-34(29-40(38)44(5,6)39(37)28-33)46-41(17-8-2)30(4)35-21-13-14-22-42(35)46/h7-8,10-29H,2,4,9H2,1,3,5-6H3/b16-7-,41-17+. The summed E-state index contributed by atoms with van der Waals surface area (Å²) in [6, 6.07) is 39.9. The van der Waals surface area contributed by atoms with E-state index in [4.69, 9.17) is 0 Å². The minimum atomic E-state index is -0.199. The van der Waals surface area contributed by atoms with Gasteiger partial charge in [0.15, 0.2) is 0 Å². The lowest BCUT2D eigenvalue weighted by Crippen LogP contribution is -2.27. The zero-order valence-electron chi connectivity index (χ0n) is 27.2. The number of allylic oxidation sites excluding steroid dienone is 2. The number of hydrogen-bond donors (Lipinski definition) is 0. The lowest BCUT2D eigenvalue weighted by atomic mass is 9.82. The van der Waals surface area contributed by atoms with Gasteiger partial charge in [-0.25, -0.2) is 0 Å². The molecule has 2 heteroatoms. The van der Waals surface area contributed by atoms with Gasteiger partial charge in [0.2, 0.25) is 0 Å². The maximum atomic E-state index is 4.44. The number of fused-ring (bicyclic) bond motifs is 4. The molecule has 7 rings (SSSR count). The Kier molecular flexibility index (Phi) is 7.37. The fourth-order valence-electron chi connectivity index (χ4n) is 7.35. The zero-order valence-corrected chi connectivity index (χ0v) is 27.2. The van der Waals surface area contributed by atoms with Gasteiger partial charge in [0.1, 0.15) is 0 Å². The van der Waals surface area contributed by atoms with Crippen LogP contribution in [0, 0.1) is 0 Å². The Balaban J connectivity index is 1.40. The van der Waals surface area contributed by atoms with Gasteiger partial charge in [0, 0.05) is 38.6 Å². The Labute approximate surface area is 272 Å². The van der Waals surface area contributed by atoms with Crippen LogP contribution in [0.5, 0.6) is 0 Å². The van der Waals surface area contributed by atoms with Crippen molar-refractivity contribution in [2.75, 3.05) is 4.90 Å². The third kappa shape index (κ3) is 4.56. The predicted octanol–water partition coefficient (Wildman–Crippen LogP) is 10.4. The summed E-state index contributed by atoms with van der Waals surface area (Å²) < 4.78 is 2.32. The van der Waals surface area contributed by atoms with Crippen LogP contribution in [0.2, 0.25) is 0 Å². The van der Waals surface area contributed by atoms with Crippen molar-refractivity contribution in [2.24, 2.45) is 0 Å². The van der Waals surface area contributed by atoms with Gasteiger partial charge in [-0.3, -0.25) is 0 Å². The van der Waals surface area contributed by atoms with Gasteiger partial charge in [-0.1, -0.05) is 113 Å². The monoisotopic (exact) mass is 596 g/mol. The molecule has 226 valence electrons. The zero-order chi connectivity index (χ0) is 32.0. The van der Waals surface area contributed by atoms with E-state index in [1.807, 2.05) is 6.08 Å². The van der Waals surface area contributed by atoms with Crippen LogP contribution < -0.4 is 15.5 Å². The quantitative estimate of drug-likeness (QED) is 0.178. The molecule has 0 saturated heterocycles. The molecule has 6 aromatic rings. The van der Waals surface area contributed by atoms with E-state index in [0.29, 0.717) is 0 Å². The van der Waals surface area contributed by atoms with E-state index in [1.165, 1.54) is 39.1 Å². The van der Waals surface area contributed by atoms with E-state index >= 15 is 0 Å². The average molecular weight is 597 g/mol. The number of para-hydroxylation sites is 2. The molecule has 2 nitrogen and oxygen atoms in total. The van der Waals surface area contributed by atoms with Crippen LogP contribution in [-0.2, 0) is 11.8 Å². The van der Waals surface area contributed by atoms with E-state index in [-0.39, 0.29) is 5.41 Å². The molecular formula is C44H40N2. The molecule has 0 unspecified atom stereocenters. The summed E-state index contributed by atoms with van der Waals surface area (Å²) in [7, 11) is 0. The van der Waals surface area contributed by atoms with Gasteiger partial charge in [0.05, 0.1) is 16.6 Å². The Morgan fingerprint density at radius 1 is 0.783 bits per heavy atom. The number of hydrogen-bond acceptors (Lipinski definition) is 1. The largest absolute Gasteiger partial charge is 0.310 e. The number of rotatable bonds is 7. The summed E-state index contributed by atoms with van der Waals surface area (Å²) in [4.78, 5) is 2.42. The molecule has 1 aromatic heterocycles. The first-order valence-corrected chi connectivity index (χ1v) is 16.2. The lowest BCUT2D eigenvalue weighted by Gasteiger charge is -2.30. The van der Waals surface area contributed by atoms with Crippen LogP contribution in [0.25, 0.3) is 46.4 Å². The number of benzene rings is 5. The first-order chi connectivity index (χ1) is 22.4. The highest BCUT2D eigenvalue weighted by atomic mass is 15.1. The molecule has 0 spiro atoms. The molecule has 0 saturated carbocycles. The SMILES string of the molecule is C=C/C=c1\c(=C)c2ccccc2n1-c1ccc2c(c1)C(C)(C)c1cc(N(c3ccccc3)c3cccc(CC)c3/C=C\C)ccc1-2. The van der Waals surface area contributed by atoms with Gasteiger partial charge in [0.25, 0.3) is 0 Å². The number of aromatic nitrogens is 1. The fourth-order valence-corrected chi connectivity index (χ4v) is 7.35. The number of nitrogens with zero attached hydrogens (tertiary/aromatic N) is 2. The molecule has 0 aliphatic heterocycles. The van der Waals surface area contributed by atoms with Crippen molar-refractivity contribution in [1.29, 1.82) is 0 Å². The van der Waals surface area contributed by atoms with Crippen molar-refractivity contribution in [3.8, 4) is 16.8 Å². The van der Waals surface area contributed by atoms with Crippen molar-refractivity contribution >= 4 is 46.7 Å². The van der Waals surface area contributed by atoms with Crippen molar-refractivity contribution < 1.29 is 0 Å². The Hall–Kier alpha value is -5.34. The Bertz CT molecular complexity index is 2260. The second-order valence-electron chi connectivity index (χ2n) is 12.6. The highest BCUT2D eigenvalue weighted by Crippen LogP contribution is 2.51. The summed E-state index contributed by atoms with van der Waals surface area (Å²) in [6.07, 6.45) is 9.29. The molecule has 0 N–H and O–H groups in total. The van der Waals surface area contributed by atoms with E-state index in [1.54, 1.807) is 0 Å². The summed E-state index contributed by atoms with van der Waals surface area (Å²) >= 11 is 0. The Morgan fingerprint density at radius 2 is 1.50 bits per heavy atom. The normalized spacial score (nSPS) is 13.7. The van der Waals surface area contributed by atoms with E-state index in [9.17, 15) is 0 Å². The summed E-state index contributed by atoms with van der Waals surface area (Å²) in [6.45, 7) is 17.5. The van der Waals surface area contributed by atoms with E-state index < -0.39 is 0 Å². The predicted molar refractivity (Wildman–Crippen MR) is 199 cm³/mol. The fraction of sp³-hybridized carbons (Fsp3) is 0.136. The third-order valence-corrected chi connectivity index (χ3v) is 9.60. The van der Waals surface area contributed by atoms with Gasteiger partial charge < -0.3 is 9.47 Å². The second-order valence-corrected chi connectivity index (χ2v) is 12.6. The maximum absolute atomic E-state index is 4.44. The summed E-state index contributed by atoms with van der Waals surface area (Å²) in [5.74, 6) is 0. The molecule has 0 fully saturated rings.